The number of nitrogens with zero attached hydrogens (tertiary/aromatic N) is 2. The zero-order chi connectivity index (χ0) is 13.8. The van der Waals surface area contributed by atoms with Crippen LogP contribution in [0.1, 0.15) is 31.1 Å². The van der Waals surface area contributed by atoms with E-state index < -0.39 is 0 Å². The van der Waals surface area contributed by atoms with Crippen molar-refractivity contribution < 1.29 is 4.74 Å². The molecule has 0 aliphatic rings. The van der Waals surface area contributed by atoms with E-state index in [1.807, 2.05) is 18.3 Å². The molecule has 4 heteroatoms. The Balaban J connectivity index is 2.18. The van der Waals surface area contributed by atoms with Crippen molar-refractivity contribution in [3.05, 3.63) is 47.8 Å². The first kappa shape index (κ1) is 13.0. The van der Waals surface area contributed by atoms with Gasteiger partial charge in [0.25, 0.3) is 0 Å². The summed E-state index contributed by atoms with van der Waals surface area (Å²) in [6.07, 6.45) is 2.02. The van der Waals surface area contributed by atoms with Gasteiger partial charge in [0.2, 0.25) is 0 Å². The van der Waals surface area contributed by atoms with Crippen LogP contribution in [0.2, 0.25) is 0 Å². The average Bonchev–Trinajstić information content (AvgIpc) is 2.84. The van der Waals surface area contributed by atoms with Crippen LogP contribution in [0, 0.1) is 11.3 Å². The van der Waals surface area contributed by atoms with Gasteiger partial charge < -0.3 is 15.0 Å². The van der Waals surface area contributed by atoms with E-state index in [1.165, 1.54) is 0 Å². The summed E-state index contributed by atoms with van der Waals surface area (Å²) < 4.78 is 7.86. The Kier molecular flexibility index (Phi) is 3.76. The molecule has 0 spiro atoms. The molecule has 0 aliphatic heterocycles. The molecule has 0 aliphatic carbocycles. The van der Waals surface area contributed by atoms with Gasteiger partial charge in [-0.15, -0.1) is 0 Å². The lowest BCUT2D eigenvalue weighted by atomic mass is 10.2. The Hall–Kier alpha value is -2.41. The van der Waals surface area contributed by atoms with Gasteiger partial charge in [-0.3, -0.25) is 0 Å². The standard InChI is InChI=1S/C15H17N3O/c1-11(2)18-8-4-5-12(18)10-19-15-7-3-6-14(17)13(15)9-16/h3-8,11H,10,17H2,1-2H3. The van der Waals surface area contributed by atoms with Gasteiger partial charge in [0, 0.05) is 12.2 Å². The molecule has 4 nitrogen and oxygen atoms in total. The number of nitriles is 1. The second kappa shape index (κ2) is 5.49. The number of ether oxygens (including phenoxy) is 1. The van der Waals surface area contributed by atoms with Gasteiger partial charge in [-0.2, -0.15) is 5.26 Å². The van der Waals surface area contributed by atoms with Crippen molar-refractivity contribution in [2.24, 2.45) is 0 Å². The van der Waals surface area contributed by atoms with Crippen molar-refractivity contribution in [3.8, 4) is 11.8 Å². The molecule has 2 N–H and O–H groups in total. The third-order valence-corrected chi connectivity index (χ3v) is 2.97. The smallest absolute Gasteiger partial charge is 0.139 e. The van der Waals surface area contributed by atoms with E-state index in [4.69, 9.17) is 15.7 Å². The summed E-state index contributed by atoms with van der Waals surface area (Å²) >= 11 is 0. The minimum atomic E-state index is 0.380. The topological polar surface area (TPSA) is 64.0 Å². The van der Waals surface area contributed by atoms with Crippen molar-refractivity contribution in [1.29, 1.82) is 5.26 Å². The number of nitrogens with two attached hydrogens (primary N) is 1. The normalized spacial score (nSPS) is 10.4. The third kappa shape index (κ3) is 2.71. The first-order valence-corrected chi connectivity index (χ1v) is 6.20. The number of aromatic nitrogens is 1. The minimum absolute atomic E-state index is 0.380. The molecule has 0 unspecified atom stereocenters. The van der Waals surface area contributed by atoms with Crippen LogP contribution in [0.15, 0.2) is 36.5 Å². The van der Waals surface area contributed by atoms with Crippen LogP contribution in [0.5, 0.6) is 5.75 Å². The molecule has 0 atom stereocenters. The number of rotatable bonds is 4. The van der Waals surface area contributed by atoms with E-state index in [-0.39, 0.29) is 0 Å². The fraction of sp³-hybridized carbons (Fsp3) is 0.267. The van der Waals surface area contributed by atoms with Crippen LogP contribution in [0.3, 0.4) is 0 Å². The maximum Gasteiger partial charge on any atom is 0.139 e. The zero-order valence-electron chi connectivity index (χ0n) is 11.1. The lowest BCUT2D eigenvalue weighted by molar-refractivity contribution is 0.291. The molecule has 0 amide bonds. The molecule has 0 bridgehead atoms. The van der Waals surface area contributed by atoms with Crippen molar-refractivity contribution in [2.45, 2.75) is 26.5 Å². The first-order chi connectivity index (χ1) is 9.13. The van der Waals surface area contributed by atoms with Crippen molar-refractivity contribution in [2.75, 3.05) is 5.73 Å². The van der Waals surface area contributed by atoms with Crippen molar-refractivity contribution in [3.63, 3.8) is 0 Å². The molecule has 1 aromatic heterocycles. The largest absolute Gasteiger partial charge is 0.486 e. The maximum atomic E-state index is 9.08. The quantitative estimate of drug-likeness (QED) is 0.854. The van der Waals surface area contributed by atoms with Crippen LogP contribution >= 0.6 is 0 Å². The molecule has 0 saturated carbocycles. The molecular formula is C15H17N3O. The molecule has 19 heavy (non-hydrogen) atoms. The number of nitrogen functional groups attached to an aromatic ring is 1. The van der Waals surface area contributed by atoms with Crippen LogP contribution in [-0.2, 0) is 6.61 Å². The van der Waals surface area contributed by atoms with Gasteiger partial charge in [0.05, 0.1) is 11.4 Å². The highest BCUT2D eigenvalue weighted by molar-refractivity contribution is 5.60. The minimum Gasteiger partial charge on any atom is -0.486 e. The fourth-order valence-corrected chi connectivity index (χ4v) is 1.99. The second-order valence-corrected chi connectivity index (χ2v) is 4.62. The Bertz CT molecular complexity index is 608. The second-order valence-electron chi connectivity index (χ2n) is 4.62. The average molecular weight is 255 g/mol. The zero-order valence-corrected chi connectivity index (χ0v) is 11.1. The molecule has 0 saturated heterocycles. The van der Waals surface area contributed by atoms with Gasteiger partial charge in [-0.25, -0.2) is 0 Å². The van der Waals surface area contributed by atoms with Crippen LogP contribution in [-0.4, -0.2) is 4.57 Å². The van der Waals surface area contributed by atoms with E-state index in [0.29, 0.717) is 29.6 Å². The molecule has 0 fully saturated rings. The lowest BCUT2D eigenvalue weighted by Gasteiger charge is -2.14. The highest BCUT2D eigenvalue weighted by Gasteiger charge is 2.09. The highest BCUT2D eigenvalue weighted by Crippen LogP contribution is 2.24. The lowest BCUT2D eigenvalue weighted by Crippen LogP contribution is -2.08. The van der Waals surface area contributed by atoms with Crippen LogP contribution in [0.25, 0.3) is 0 Å². The number of benzene rings is 1. The Morgan fingerprint density at radius 1 is 1.32 bits per heavy atom. The van der Waals surface area contributed by atoms with Gasteiger partial charge >= 0.3 is 0 Å². The molecule has 1 heterocycles. The van der Waals surface area contributed by atoms with Gasteiger partial charge in [0.15, 0.2) is 0 Å². The highest BCUT2D eigenvalue weighted by atomic mass is 16.5. The summed E-state index contributed by atoms with van der Waals surface area (Å²) in [5.41, 5.74) is 7.66. The summed E-state index contributed by atoms with van der Waals surface area (Å²) in [6.45, 7) is 4.65. The fourth-order valence-electron chi connectivity index (χ4n) is 1.99. The van der Waals surface area contributed by atoms with E-state index in [9.17, 15) is 0 Å². The molecule has 98 valence electrons. The van der Waals surface area contributed by atoms with E-state index >= 15 is 0 Å². The van der Waals surface area contributed by atoms with Crippen molar-refractivity contribution >= 4 is 5.69 Å². The Labute approximate surface area is 113 Å². The van der Waals surface area contributed by atoms with E-state index in [0.717, 1.165) is 5.69 Å². The molecular weight excluding hydrogens is 238 g/mol. The van der Waals surface area contributed by atoms with Gasteiger partial charge in [-0.1, -0.05) is 6.07 Å². The predicted octanol–water partition coefficient (Wildman–Crippen LogP) is 3.10. The summed E-state index contributed by atoms with van der Waals surface area (Å²) in [7, 11) is 0. The van der Waals surface area contributed by atoms with Crippen LogP contribution in [0.4, 0.5) is 5.69 Å². The molecule has 2 rings (SSSR count). The molecule has 0 radical (unpaired) electrons. The molecule has 1 aromatic carbocycles. The number of anilines is 1. The number of hydrogen-bond donors (Lipinski definition) is 1. The summed E-state index contributed by atoms with van der Waals surface area (Å²) in [5.74, 6) is 0.527. The van der Waals surface area contributed by atoms with E-state index in [1.54, 1.807) is 18.2 Å². The Morgan fingerprint density at radius 3 is 2.79 bits per heavy atom. The third-order valence-electron chi connectivity index (χ3n) is 2.97. The summed E-state index contributed by atoms with van der Waals surface area (Å²) in [5, 5.41) is 9.08. The van der Waals surface area contributed by atoms with Gasteiger partial charge in [0.1, 0.15) is 24.0 Å². The number of hydrogen-bond acceptors (Lipinski definition) is 3. The van der Waals surface area contributed by atoms with Crippen molar-refractivity contribution in [1.82, 2.24) is 4.57 Å². The van der Waals surface area contributed by atoms with Gasteiger partial charge in [-0.05, 0) is 38.1 Å². The monoisotopic (exact) mass is 255 g/mol. The SMILES string of the molecule is CC(C)n1cccc1COc1cccc(N)c1C#N. The Morgan fingerprint density at radius 2 is 2.11 bits per heavy atom. The first-order valence-electron chi connectivity index (χ1n) is 6.20. The van der Waals surface area contributed by atoms with E-state index in [2.05, 4.69) is 24.5 Å². The molecule has 2 aromatic rings. The van der Waals surface area contributed by atoms with Crippen LogP contribution < -0.4 is 10.5 Å². The predicted molar refractivity (Wildman–Crippen MR) is 74.7 cm³/mol. The summed E-state index contributed by atoms with van der Waals surface area (Å²) in [6, 6.07) is 11.7. The maximum absolute atomic E-state index is 9.08. The summed E-state index contributed by atoms with van der Waals surface area (Å²) in [4.78, 5) is 0.